The summed E-state index contributed by atoms with van der Waals surface area (Å²) >= 11 is 1.18. The first-order chi connectivity index (χ1) is 16.8. The minimum absolute atomic E-state index is 0.0667. The molecular formula is C28H35N3O4S. The molecule has 4 rings (SSSR count). The lowest BCUT2D eigenvalue weighted by atomic mass is 9.90. The number of carbonyl (C=O) groups is 2. The van der Waals surface area contributed by atoms with Crippen molar-refractivity contribution in [2.24, 2.45) is 5.92 Å². The molecule has 0 atom stereocenters. The molecule has 1 saturated heterocycles. The second-order valence-corrected chi connectivity index (χ2v) is 11.9. The highest BCUT2D eigenvalue weighted by Gasteiger charge is 2.30. The predicted molar refractivity (Wildman–Crippen MR) is 143 cm³/mol. The number of nitrogens with one attached hydrogen (secondary N) is 1. The zero-order valence-corrected chi connectivity index (χ0v) is 22.4. The van der Waals surface area contributed by atoms with Crippen molar-refractivity contribution in [3.63, 3.8) is 0 Å². The third kappa shape index (κ3) is 5.61. The molecule has 2 heterocycles. The molecule has 0 bridgehead atoms. The van der Waals surface area contributed by atoms with Gasteiger partial charge < -0.3 is 20.4 Å². The summed E-state index contributed by atoms with van der Waals surface area (Å²) in [6, 6.07) is 11.5. The minimum Gasteiger partial charge on any atom is -0.389 e. The summed E-state index contributed by atoms with van der Waals surface area (Å²) in [7, 11) is 0. The van der Waals surface area contributed by atoms with Gasteiger partial charge >= 0.3 is 0 Å². The predicted octanol–water partition coefficient (Wildman–Crippen LogP) is 4.56. The van der Waals surface area contributed by atoms with Crippen LogP contribution in [0.3, 0.4) is 0 Å². The van der Waals surface area contributed by atoms with Crippen molar-refractivity contribution in [1.82, 2.24) is 15.2 Å². The molecule has 1 fully saturated rings. The molecule has 2 amide bonds. The summed E-state index contributed by atoms with van der Waals surface area (Å²) in [5.74, 6) is -0.0251. The zero-order valence-electron chi connectivity index (χ0n) is 21.6. The Morgan fingerprint density at radius 2 is 1.69 bits per heavy atom. The minimum atomic E-state index is -1.07. The van der Waals surface area contributed by atoms with Gasteiger partial charge in [0.15, 0.2) is 5.01 Å². The number of hydrogen-bond donors (Lipinski definition) is 3. The van der Waals surface area contributed by atoms with Crippen molar-refractivity contribution in [3.05, 3.63) is 52.7 Å². The summed E-state index contributed by atoms with van der Waals surface area (Å²) in [4.78, 5) is 33.6. The van der Waals surface area contributed by atoms with Crippen LogP contribution in [0.4, 0.5) is 0 Å². The Bertz CT molecular complexity index is 1280. The first-order valence-electron chi connectivity index (χ1n) is 12.4. The molecule has 3 aromatic rings. The molecule has 0 aliphatic carbocycles. The number of amides is 2. The van der Waals surface area contributed by atoms with Crippen LogP contribution >= 0.6 is 11.3 Å². The Morgan fingerprint density at radius 1 is 1.06 bits per heavy atom. The topological polar surface area (TPSA) is 103 Å². The standard InChI is InChI=1S/C28H35N3O4S/c1-17-12-14-31(15-13-17)26(33)22-23(36-25(30-22)24(32)29-16-27(2,3)34)20-10-11-21(28(4,5)35)19-9-7-6-8-18(19)20/h6-11,17,34-35H,12-16H2,1-5H3,(H,29,32). The van der Waals surface area contributed by atoms with Crippen LogP contribution in [0.15, 0.2) is 36.4 Å². The summed E-state index contributed by atoms with van der Waals surface area (Å²) < 4.78 is 0. The number of rotatable bonds is 6. The molecule has 192 valence electrons. The van der Waals surface area contributed by atoms with E-state index in [1.165, 1.54) is 11.3 Å². The smallest absolute Gasteiger partial charge is 0.280 e. The number of fused-ring (bicyclic) bond motifs is 1. The fourth-order valence-electron chi connectivity index (χ4n) is 4.51. The number of aromatic nitrogens is 1. The molecule has 7 nitrogen and oxygen atoms in total. The summed E-state index contributed by atoms with van der Waals surface area (Å²) in [5.41, 5.74) is -0.262. The van der Waals surface area contributed by atoms with Gasteiger partial charge in [-0.3, -0.25) is 9.59 Å². The molecular weight excluding hydrogens is 474 g/mol. The number of likely N-dealkylation sites (tertiary alicyclic amines) is 1. The maximum Gasteiger partial charge on any atom is 0.280 e. The lowest BCUT2D eigenvalue weighted by Gasteiger charge is -2.30. The summed E-state index contributed by atoms with van der Waals surface area (Å²) in [6.45, 7) is 10.3. The number of benzene rings is 2. The largest absolute Gasteiger partial charge is 0.389 e. The van der Waals surface area contributed by atoms with Crippen LogP contribution in [0.1, 0.15) is 73.3 Å². The molecule has 1 aromatic heterocycles. The van der Waals surface area contributed by atoms with E-state index in [1.54, 1.807) is 27.7 Å². The van der Waals surface area contributed by atoms with E-state index in [4.69, 9.17) is 0 Å². The number of aliphatic hydroxyl groups is 2. The highest BCUT2D eigenvalue weighted by Crippen LogP contribution is 2.39. The quantitative estimate of drug-likeness (QED) is 0.452. The van der Waals surface area contributed by atoms with E-state index in [0.717, 1.165) is 34.7 Å². The van der Waals surface area contributed by atoms with Gasteiger partial charge in [0, 0.05) is 25.2 Å². The Kier molecular flexibility index (Phi) is 7.23. The molecule has 3 N–H and O–H groups in total. The van der Waals surface area contributed by atoms with E-state index in [-0.39, 0.29) is 23.2 Å². The van der Waals surface area contributed by atoms with Crippen molar-refractivity contribution in [2.45, 2.75) is 58.7 Å². The molecule has 0 unspecified atom stereocenters. The van der Waals surface area contributed by atoms with Gasteiger partial charge in [-0.1, -0.05) is 43.3 Å². The fourth-order valence-corrected chi connectivity index (χ4v) is 5.52. The van der Waals surface area contributed by atoms with Gasteiger partial charge in [-0.2, -0.15) is 0 Å². The Labute approximate surface area is 216 Å². The van der Waals surface area contributed by atoms with Crippen molar-refractivity contribution < 1.29 is 19.8 Å². The zero-order chi connectivity index (χ0) is 26.3. The van der Waals surface area contributed by atoms with Gasteiger partial charge in [0.25, 0.3) is 11.8 Å². The number of thiazole rings is 1. The molecule has 1 aliphatic rings. The van der Waals surface area contributed by atoms with Crippen molar-refractivity contribution in [3.8, 4) is 10.4 Å². The van der Waals surface area contributed by atoms with Gasteiger partial charge in [-0.15, -0.1) is 11.3 Å². The molecule has 1 aliphatic heterocycles. The lowest BCUT2D eigenvalue weighted by Crippen LogP contribution is -2.39. The van der Waals surface area contributed by atoms with Crippen molar-refractivity contribution in [1.29, 1.82) is 0 Å². The first-order valence-corrected chi connectivity index (χ1v) is 13.2. The van der Waals surface area contributed by atoms with Crippen molar-refractivity contribution in [2.75, 3.05) is 19.6 Å². The van der Waals surface area contributed by atoms with Crippen molar-refractivity contribution >= 4 is 33.9 Å². The fraction of sp³-hybridized carbons (Fsp3) is 0.464. The summed E-state index contributed by atoms with van der Waals surface area (Å²) in [6.07, 6.45) is 1.88. The van der Waals surface area contributed by atoms with Crippen LogP contribution in [0.25, 0.3) is 21.2 Å². The van der Waals surface area contributed by atoms with E-state index in [9.17, 15) is 19.8 Å². The molecule has 36 heavy (non-hydrogen) atoms. The van der Waals surface area contributed by atoms with Gasteiger partial charge in [-0.25, -0.2) is 4.98 Å². The van der Waals surface area contributed by atoms with Crippen LogP contribution in [-0.2, 0) is 5.60 Å². The van der Waals surface area contributed by atoms with Gasteiger partial charge in [0.1, 0.15) is 5.69 Å². The van der Waals surface area contributed by atoms with Gasteiger partial charge in [0.05, 0.1) is 16.1 Å². The third-order valence-electron chi connectivity index (χ3n) is 6.60. The Balaban J connectivity index is 1.83. The molecule has 0 spiro atoms. The van der Waals surface area contributed by atoms with Crippen LogP contribution < -0.4 is 5.32 Å². The Hall–Kier alpha value is -2.81. The van der Waals surface area contributed by atoms with E-state index in [1.807, 2.05) is 41.3 Å². The number of nitrogens with zero attached hydrogens (tertiary/aromatic N) is 2. The maximum absolute atomic E-state index is 13.7. The average Bonchev–Trinajstić information content (AvgIpc) is 3.26. The molecule has 8 heteroatoms. The molecule has 2 aromatic carbocycles. The monoisotopic (exact) mass is 509 g/mol. The van der Waals surface area contributed by atoms with E-state index in [0.29, 0.717) is 23.9 Å². The van der Waals surface area contributed by atoms with Gasteiger partial charge in [-0.05, 0) is 62.8 Å². The van der Waals surface area contributed by atoms with E-state index >= 15 is 0 Å². The number of piperidine rings is 1. The van der Waals surface area contributed by atoms with Crippen LogP contribution in [0.5, 0.6) is 0 Å². The van der Waals surface area contributed by atoms with Gasteiger partial charge in [0.2, 0.25) is 0 Å². The average molecular weight is 510 g/mol. The third-order valence-corrected chi connectivity index (χ3v) is 7.69. The van der Waals surface area contributed by atoms with Crippen LogP contribution in [-0.4, -0.2) is 57.1 Å². The lowest BCUT2D eigenvalue weighted by molar-refractivity contribution is 0.0684. The summed E-state index contributed by atoms with van der Waals surface area (Å²) in [5, 5.41) is 25.4. The highest BCUT2D eigenvalue weighted by atomic mass is 32.1. The normalized spacial score (nSPS) is 15.4. The maximum atomic E-state index is 13.7. The highest BCUT2D eigenvalue weighted by molar-refractivity contribution is 7.17. The second-order valence-electron chi connectivity index (χ2n) is 10.9. The Morgan fingerprint density at radius 3 is 2.31 bits per heavy atom. The first kappa shape index (κ1) is 26.3. The second kappa shape index (κ2) is 9.92. The van der Waals surface area contributed by atoms with Crippen LogP contribution in [0.2, 0.25) is 0 Å². The SMILES string of the molecule is CC1CCN(C(=O)c2nc(C(=O)NCC(C)(C)O)sc2-c2ccc(C(C)(C)O)c3ccccc23)CC1. The van der Waals surface area contributed by atoms with E-state index < -0.39 is 17.1 Å². The number of hydrogen-bond acceptors (Lipinski definition) is 6. The van der Waals surface area contributed by atoms with Crippen LogP contribution in [0, 0.1) is 5.92 Å². The van der Waals surface area contributed by atoms with E-state index in [2.05, 4.69) is 17.2 Å². The molecule has 0 saturated carbocycles. The number of carbonyl (C=O) groups excluding carboxylic acids is 2. The molecule has 0 radical (unpaired) electrons.